The normalized spacial score (nSPS) is 17.2. The first-order valence-corrected chi connectivity index (χ1v) is 8.92. The largest absolute Gasteiger partial charge is 0.255 e. The van der Waals surface area contributed by atoms with Crippen LogP contribution in [0, 0.1) is 6.92 Å². The molecule has 0 atom stereocenters. The molecule has 5 heteroatoms. The van der Waals surface area contributed by atoms with Gasteiger partial charge in [-0.15, -0.1) is 0 Å². The van der Waals surface area contributed by atoms with Crippen LogP contribution in [0.5, 0.6) is 0 Å². The number of nitrogens with one attached hydrogen (secondary N) is 1. The van der Waals surface area contributed by atoms with Crippen molar-refractivity contribution in [2.75, 3.05) is 0 Å². The zero-order valence-electron chi connectivity index (χ0n) is 12.2. The van der Waals surface area contributed by atoms with Crippen LogP contribution in [0.4, 0.5) is 0 Å². The first kappa shape index (κ1) is 14.5. The Balaban J connectivity index is 2.01. The molecule has 1 heterocycles. The van der Waals surface area contributed by atoms with Gasteiger partial charge in [0.25, 0.3) is 0 Å². The van der Waals surface area contributed by atoms with Gasteiger partial charge >= 0.3 is 0 Å². The van der Waals surface area contributed by atoms with Crippen LogP contribution in [0.15, 0.2) is 35.4 Å². The SMILES string of the molecule is Cc1cc(S(=O)(=O)NC2CCCCC2)c2ncccc2c1. The minimum Gasteiger partial charge on any atom is -0.255 e. The number of hydrogen-bond donors (Lipinski definition) is 1. The fourth-order valence-electron chi connectivity index (χ4n) is 3.01. The molecule has 0 unspecified atom stereocenters. The lowest BCUT2D eigenvalue weighted by Gasteiger charge is -2.23. The third-order valence-corrected chi connectivity index (χ3v) is 5.56. The number of nitrogens with zero attached hydrogens (tertiary/aromatic N) is 1. The fourth-order valence-corrected chi connectivity index (χ4v) is 4.58. The minimum atomic E-state index is -3.52. The molecule has 1 saturated carbocycles. The summed E-state index contributed by atoms with van der Waals surface area (Å²) in [6.45, 7) is 1.91. The predicted molar refractivity (Wildman–Crippen MR) is 83.7 cm³/mol. The van der Waals surface area contributed by atoms with Crippen molar-refractivity contribution in [2.24, 2.45) is 0 Å². The van der Waals surface area contributed by atoms with Gasteiger partial charge in [0, 0.05) is 17.6 Å². The molecule has 0 saturated heterocycles. The summed E-state index contributed by atoms with van der Waals surface area (Å²) >= 11 is 0. The van der Waals surface area contributed by atoms with E-state index in [9.17, 15) is 8.42 Å². The molecule has 4 nitrogen and oxygen atoms in total. The van der Waals surface area contributed by atoms with Gasteiger partial charge in [0.15, 0.2) is 0 Å². The Morgan fingerprint density at radius 3 is 2.71 bits per heavy atom. The van der Waals surface area contributed by atoms with Crippen molar-refractivity contribution < 1.29 is 8.42 Å². The molecule has 0 amide bonds. The van der Waals surface area contributed by atoms with Crippen molar-refractivity contribution in [1.29, 1.82) is 0 Å². The van der Waals surface area contributed by atoms with Gasteiger partial charge in [0.2, 0.25) is 10.0 Å². The highest BCUT2D eigenvalue weighted by atomic mass is 32.2. The lowest BCUT2D eigenvalue weighted by molar-refractivity contribution is 0.412. The Labute approximate surface area is 125 Å². The van der Waals surface area contributed by atoms with Gasteiger partial charge in [-0.1, -0.05) is 25.3 Å². The van der Waals surface area contributed by atoms with Crippen LogP contribution >= 0.6 is 0 Å². The molecule has 1 aromatic heterocycles. The van der Waals surface area contributed by atoms with E-state index < -0.39 is 10.0 Å². The van der Waals surface area contributed by atoms with Gasteiger partial charge in [0.05, 0.1) is 5.52 Å². The Hall–Kier alpha value is -1.46. The van der Waals surface area contributed by atoms with E-state index in [0.29, 0.717) is 10.4 Å². The highest BCUT2D eigenvalue weighted by molar-refractivity contribution is 7.89. The smallest absolute Gasteiger partial charge is 0.242 e. The van der Waals surface area contributed by atoms with Crippen molar-refractivity contribution in [3.63, 3.8) is 0 Å². The molecule has 1 N–H and O–H groups in total. The summed E-state index contributed by atoms with van der Waals surface area (Å²) in [4.78, 5) is 4.56. The summed E-state index contributed by atoms with van der Waals surface area (Å²) in [6, 6.07) is 7.45. The zero-order chi connectivity index (χ0) is 14.9. The molecule has 1 aliphatic carbocycles. The van der Waals surface area contributed by atoms with Crippen LogP contribution in [0.25, 0.3) is 10.9 Å². The van der Waals surface area contributed by atoms with Crippen LogP contribution in [-0.2, 0) is 10.0 Å². The van der Waals surface area contributed by atoms with Gasteiger partial charge in [0.1, 0.15) is 4.90 Å². The Morgan fingerprint density at radius 2 is 1.95 bits per heavy atom. The van der Waals surface area contributed by atoms with Gasteiger partial charge in [-0.05, 0) is 43.5 Å². The van der Waals surface area contributed by atoms with E-state index >= 15 is 0 Å². The number of rotatable bonds is 3. The molecule has 21 heavy (non-hydrogen) atoms. The second-order valence-corrected chi connectivity index (χ2v) is 7.48. The molecule has 0 aliphatic heterocycles. The van der Waals surface area contributed by atoms with E-state index in [1.165, 1.54) is 6.42 Å². The fraction of sp³-hybridized carbons (Fsp3) is 0.438. The van der Waals surface area contributed by atoms with Crippen LogP contribution in [-0.4, -0.2) is 19.4 Å². The molecule has 112 valence electrons. The second-order valence-electron chi connectivity index (χ2n) is 5.79. The number of pyridine rings is 1. The summed E-state index contributed by atoms with van der Waals surface area (Å²) in [6.07, 6.45) is 6.89. The number of sulfonamides is 1. The summed E-state index contributed by atoms with van der Waals surface area (Å²) < 4.78 is 28.3. The number of aryl methyl sites for hydroxylation is 1. The molecule has 3 rings (SSSR count). The lowest BCUT2D eigenvalue weighted by Crippen LogP contribution is -2.36. The standard InChI is InChI=1S/C16H20N2O2S/c1-12-10-13-6-5-9-17-16(13)15(11-12)21(19,20)18-14-7-3-2-4-8-14/h5-6,9-11,14,18H,2-4,7-8H2,1H3. The average molecular weight is 304 g/mol. The van der Waals surface area contributed by atoms with E-state index in [1.54, 1.807) is 12.3 Å². The first-order valence-electron chi connectivity index (χ1n) is 7.44. The van der Waals surface area contributed by atoms with Crippen molar-refractivity contribution in [3.8, 4) is 0 Å². The Morgan fingerprint density at radius 1 is 1.19 bits per heavy atom. The van der Waals surface area contributed by atoms with E-state index in [4.69, 9.17) is 0 Å². The van der Waals surface area contributed by atoms with Crippen LogP contribution in [0.1, 0.15) is 37.7 Å². The summed E-state index contributed by atoms with van der Waals surface area (Å²) in [5.41, 5.74) is 1.48. The van der Waals surface area contributed by atoms with E-state index in [0.717, 1.165) is 36.6 Å². The predicted octanol–water partition coefficient (Wildman–Crippen LogP) is 3.15. The molecule has 0 bridgehead atoms. The van der Waals surface area contributed by atoms with Crippen LogP contribution in [0.2, 0.25) is 0 Å². The second kappa shape index (κ2) is 5.73. The lowest BCUT2D eigenvalue weighted by atomic mass is 9.96. The summed E-state index contributed by atoms with van der Waals surface area (Å²) in [5.74, 6) is 0. The number of benzene rings is 1. The highest BCUT2D eigenvalue weighted by Gasteiger charge is 2.24. The molecule has 1 aliphatic rings. The first-order chi connectivity index (χ1) is 10.1. The Kier molecular flexibility index (Phi) is 3.95. The zero-order valence-corrected chi connectivity index (χ0v) is 13.0. The third-order valence-electron chi connectivity index (χ3n) is 4.03. The quantitative estimate of drug-likeness (QED) is 0.947. The van der Waals surface area contributed by atoms with Gasteiger partial charge in [-0.2, -0.15) is 0 Å². The maximum Gasteiger partial charge on any atom is 0.242 e. The summed E-state index contributed by atoms with van der Waals surface area (Å²) in [5, 5.41) is 0.863. The molecule has 0 spiro atoms. The average Bonchev–Trinajstić information content (AvgIpc) is 2.47. The minimum absolute atomic E-state index is 0.0584. The molecular weight excluding hydrogens is 284 g/mol. The maximum absolute atomic E-state index is 12.7. The van der Waals surface area contributed by atoms with Crippen molar-refractivity contribution in [1.82, 2.24) is 9.71 Å². The number of aromatic nitrogens is 1. The molecule has 1 fully saturated rings. The summed E-state index contributed by atoms with van der Waals surface area (Å²) in [7, 11) is -3.52. The molecule has 0 radical (unpaired) electrons. The molecular formula is C16H20N2O2S. The van der Waals surface area contributed by atoms with Gasteiger partial charge in [-0.3, -0.25) is 4.98 Å². The van der Waals surface area contributed by atoms with Crippen LogP contribution < -0.4 is 4.72 Å². The molecule has 1 aromatic carbocycles. The van der Waals surface area contributed by atoms with Gasteiger partial charge < -0.3 is 0 Å². The third kappa shape index (κ3) is 3.09. The van der Waals surface area contributed by atoms with Crippen molar-refractivity contribution in [2.45, 2.75) is 50.0 Å². The Bertz CT molecular complexity index is 750. The topological polar surface area (TPSA) is 59.1 Å². The molecule has 2 aromatic rings. The van der Waals surface area contributed by atoms with E-state index in [1.807, 2.05) is 25.1 Å². The highest BCUT2D eigenvalue weighted by Crippen LogP contribution is 2.25. The van der Waals surface area contributed by atoms with E-state index in [-0.39, 0.29) is 6.04 Å². The maximum atomic E-state index is 12.7. The monoisotopic (exact) mass is 304 g/mol. The van der Waals surface area contributed by atoms with E-state index in [2.05, 4.69) is 9.71 Å². The van der Waals surface area contributed by atoms with Crippen LogP contribution in [0.3, 0.4) is 0 Å². The van der Waals surface area contributed by atoms with Crippen molar-refractivity contribution in [3.05, 3.63) is 36.0 Å². The van der Waals surface area contributed by atoms with Crippen molar-refractivity contribution >= 4 is 20.9 Å². The van der Waals surface area contributed by atoms with Gasteiger partial charge in [-0.25, -0.2) is 13.1 Å². The number of fused-ring (bicyclic) bond motifs is 1. The number of hydrogen-bond acceptors (Lipinski definition) is 3.